The highest BCUT2D eigenvalue weighted by molar-refractivity contribution is 5.95. The lowest BCUT2D eigenvalue weighted by molar-refractivity contribution is -0.121. The van der Waals surface area contributed by atoms with Crippen LogP contribution in [-0.2, 0) is 9.59 Å². The third-order valence-corrected chi connectivity index (χ3v) is 6.01. The van der Waals surface area contributed by atoms with Gasteiger partial charge in [-0.05, 0) is 57.0 Å². The van der Waals surface area contributed by atoms with E-state index in [4.69, 9.17) is 9.47 Å². The summed E-state index contributed by atoms with van der Waals surface area (Å²) in [6.07, 6.45) is 1.24. The summed E-state index contributed by atoms with van der Waals surface area (Å²) in [6, 6.07) is 14.1. The minimum atomic E-state index is -0.329. The molecule has 1 saturated heterocycles. The summed E-state index contributed by atoms with van der Waals surface area (Å²) in [4.78, 5) is 41.3. The van der Waals surface area contributed by atoms with Gasteiger partial charge in [-0.15, -0.1) is 0 Å². The first-order valence-corrected chi connectivity index (χ1v) is 12.0. The van der Waals surface area contributed by atoms with Crippen LogP contribution < -0.4 is 20.1 Å². The van der Waals surface area contributed by atoms with Gasteiger partial charge in [0.15, 0.2) is 18.1 Å². The largest absolute Gasteiger partial charge is 0.493 e. The van der Waals surface area contributed by atoms with Gasteiger partial charge in [0.2, 0.25) is 5.91 Å². The van der Waals surface area contributed by atoms with E-state index < -0.39 is 0 Å². The Morgan fingerprint density at radius 3 is 2.20 bits per heavy atom. The van der Waals surface area contributed by atoms with E-state index in [0.717, 1.165) is 0 Å². The fourth-order valence-corrected chi connectivity index (χ4v) is 4.02. The molecule has 0 bridgehead atoms. The van der Waals surface area contributed by atoms with E-state index in [-0.39, 0.29) is 30.4 Å². The fraction of sp³-hybridized carbons (Fsp3) is 0.423. The second-order valence-electron chi connectivity index (χ2n) is 8.27. The topological polar surface area (TPSA) is 100 Å². The van der Waals surface area contributed by atoms with Crippen LogP contribution in [0.2, 0.25) is 0 Å². The van der Waals surface area contributed by atoms with Crippen molar-refractivity contribution in [1.82, 2.24) is 9.80 Å². The highest BCUT2D eigenvalue weighted by atomic mass is 16.5. The monoisotopic (exact) mass is 482 g/mol. The van der Waals surface area contributed by atoms with Gasteiger partial charge < -0.3 is 29.9 Å². The molecule has 0 atom stereocenters. The molecule has 2 aromatic carbocycles. The average Bonchev–Trinajstić information content (AvgIpc) is 2.88. The standard InChI is InChI=1S/C26H34N4O5/c1-4-29(5-2)26(33)30-15-13-19(14-16-30)25(32)28-21-10-8-9-20(17-21)27-24(31)18-35-23-12-7-6-11-22(23)34-3/h6-12,17,19H,4-5,13-16,18H2,1-3H3,(H,27,31)(H,28,32). The van der Waals surface area contributed by atoms with Crippen molar-refractivity contribution < 1.29 is 23.9 Å². The first-order valence-electron chi connectivity index (χ1n) is 12.0. The van der Waals surface area contributed by atoms with Gasteiger partial charge in [-0.3, -0.25) is 9.59 Å². The maximum Gasteiger partial charge on any atom is 0.319 e. The number of carbonyl (C=O) groups excluding carboxylic acids is 3. The number of para-hydroxylation sites is 2. The Balaban J connectivity index is 1.49. The van der Waals surface area contributed by atoms with E-state index in [0.29, 0.717) is 61.9 Å². The highest BCUT2D eigenvalue weighted by Crippen LogP contribution is 2.26. The van der Waals surface area contributed by atoms with Crippen molar-refractivity contribution in [2.75, 3.05) is 50.5 Å². The second kappa shape index (κ2) is 12.6. The maximum atomic E-state index is 12.8. The first kappa shape index (κ1) is 25.9. The van der Waals surface area contributed by atoms with E-state index in [1.807, 2.05) is 24.8 Å². The van der Waals surface area contributed by atoms with E-state index in [9.17, 15) is 14.4 Å². The number of nitrogens with zero attached hydrogens (tertiary/aromatic N) is 2. The van der Waals surface area contributed by atoms with Gasteiger partial charge in [0.25, 0.3) is 5.91 Å². The summed E-state index contributed by atoms with van der Waals surface area (Å²) in [5.41, 5.74) is 1.15. The number of piperidine rings is 1. The van der Waals surface area contributed by atoms with E-state index in [1.165, 1.54) is 7.11 Å². The normalized spacial score (nSPS) is 13.6. The van der Waals surface area contributed by atoms with Gasteiger partial charge in [0, 0.05) is 43.5 Å². The van der Waals surface area contributed by atoms with Gasteiger partial charge in [-0.1, -0.05) is 18.2 Å². The molecule has 0 radical (unpaired) electrons. The summed E-state index contributed by atoms with van der Waals surface area (Å²) in [7, 11) is 1.54. The third kappa shape index (κ3) is 7.11. The Kier molecular flexibility index (Phi) is 9.34. The van der Waals surface area contributed by atoms with Gasteiger partial charge >= 0.3 is 6.03 Å². The highest BCUT2D eigenvalue weighted by Gasteiger charge is 2.29. The molecule has 2 N–H and O–H groups in total. The molecule has 0 saturated carbocycles. The lowest BCUT2D eigenvalue weighted by Crippen LogP contribution is -2.47. The summed E-state index contributed by atoms with van der Waals surface area (Å²) in [5.74, 6) is 0.458. The lowest BCUT2D eigenvalue weighted by atomic mass is 9.96. The van der Waals surface area contributed by atoms with E-state index in [1.54, 1.807) is 47.4 Å². The minimum absolute atomic E-state index is 0.0342. The summed E-state index contributed by atoms with van der Waals surface area (Å²) < 4.78 is 10.8. The number of hydrogen-bond donors (Lipinski definition) is 2. The van der Waals surface area contributed by atoms with Crippen molar-refractivity contribution in [3.63, 3.8) is 0 Å². The number of hydrogen-bond acceptors (Lipinski definition) is 5. The number of benzene rings is 2. The molecule has 0 unspecified atom stereocenters. The van der Waals surface area contributed by atoms with Crippen LogP contribution in [0.1, 0.15) is 26.7 Å². The Morgan fingerprint density at radius 1 is 0.943 bits per heavy atom. The zero-order valence-electron chi connectivity index (χ0n) is 20.6. The molecule has 2 aromatic rings. The Morgan fingerprint density at radius 2 is 1.57 bits per heavy atom. The van der Waals surface area contributed by atoms with Gasteiger partial charge in [0.05, 0.1) is 7.11 Å². The molecule has 0 aromatic heterocycles. The smallest absolute Gasteiger partial charge is 0.319 e. The van der Waals surface area contributed by atoms with Crippen LogP contribution in [0.25, 0.3) is 0 Å². The van der Waals surface area contributed by atoms with Crippen LogP contribution in [0.3, 0.4) is 0 Å². The molecule has 9 heteroatoms. The summed E-state index contributed by atoms with van der Waals surface area (Å²) in [5, 5.41) is 5.71. The van der Waals surface area contributed by atoms with Crippen LogP contribution in [0, 0.1) is 5.92 Å². The molecule has 3 rings (SSSR count). The molecule has 1 fully saturated rings. The molecule has 1 aliphatic rings. The maximum absolute atomic E-state index is 12.8. The lowest BCUT2D eigenvalue weighted by Gasteiger charge is -2.34. The van der Waals surface area contributed by atoms with Gasteiger partial charge in [-0.2, -0.15) is 0 Å². The molecule has 188 valence electrons. The quantitative estimate of drug-likeness (QED) is 0.566. The molecule has 35 heavy (non-hydrogen) atoms. The molecule has 0 aliphatic carbocycles. The van der Waals surface area contributed by atoms with Crippen molar-refractivity contribution >= 4 is 29.2 Å². The number of nitrogens with one attached hydrogen (secondary N) is 2. The van der Waals surface area contributed by atoms with Crippen molar-refractivity contribution in [3.8, 4) is 11.5 Å². The number of ether oxygens (including phenoxy) is 2. The van der Waals surface area contributed by atoms with Crippen molar-refractivity contribution in [1.29, 1.82) is 0 Å². The number of methoxy groups -OCH3 is 1. The van der Waals surface area contributed by atoms with Crippen molar-refractivity contribution in [2.45, 2.75) is 26.7 Å². The third-order valence-electron chi connectivity index (χ3n) is 6.01. The van der Waals surface area contributed by atoms with E-state index >= 15 is 0 Å². The van der Waals surface area contributed by atoms with Crippen LogP contribution in [0.5, 0.6) is 11.5 Å². The zero-order valence-corrected chi connectivity index (χ0v) is 20.6. The molecule has 1 heterocycles. The Bertz CT molecular complexity index is 1020. The SMILES string of the molecule is CCN(CC)C(=O)N1CCC(C(=O)Nc2cccc(NC(=O)COc3ccccc3OC)c2)CC1. The van der Waals surface area contributed by atoms with Crippen LogP contribution >= 0.6 is 0 Å². The fourth-order valence-electron chi connectivity index (χ4n) is 4.02. The number of likely N-dealkylation sites (tertiary alicyclic amines) is 1. The Labute approximate surface area is 206 Å². The number of urea groups is 1. The van der Waals surface area contributed by atoms with E-state index in [2.05, 4.69) is 10.6 Å². The van der Waals surface area contributed by atoms with Crippen molar-refractivity contribution in [3.05, 3.63) is 48.5 Å². The van der Waals surface area contributed by atoms with Crippen LogP contribution in [0.4, 0.5) is 16.2 Å². The first-order chi connectivity index (χ1) is 16.9. The number of anilines is 2. The molecular formula is C26H34N4O5. The van der Waals surface area contributed by atoms with Crippen molar-refractivity contribution in [2.24, 2.45) is 5.92 Å². The molecular weight excluding hydrogens is 448 g/mol. The summed E-state index contributed by atoms with van der Waals surface area (Å²) in [6.45, 7) is 6.23. The van der Waals surface area contributed by atoms with Crippen LogP contribution in [-0.4, -0.2) is 67.5 Å². The molecule has 4 amide bonds. The average molecular weight is 483 g/mol. The summed E-state index contributed by atoms with van der Waals surface area (Å²) >= 11 is 0. The molecule has 1 aliphatic heterocycles. The van der Waals surface area contributed by atoms with Crippen LogP contribution in [0.15, 0.2) is 48.5 Å². The minimum Gasteiger partial charge on any atom is -0.493 e. The Hall–Kier alpha value is -3.75. The predicted octanol–water partition coefficient (Wildman–Crippen LogP) is 3.83. The number of carbonyl (C=O) groups is 3. The predicted molar refractivity (Wildman–Crippen MR) is 135 cm³/mol. The second-order valence-corrected chi connectivity index (χ2v) is 8.27. The van der Waals surface area contributed by atoms with Gasteiger partial charge in [-0.25, -0.2) is 4.79 Å². The van der Waals surface area contributed by atoms with Gasteiger partial charge in [0.1, 0.15) is 0 Å². The molecule has 0 spiro atoms. The number of amides is 4. The zero-order chi connectivity index (χ0) is 25.2. The molecule has 9 nitrogen and oxygen atoms in total. The number of rotatable bonds is 9.